The fourth-order valence-electron chi connectivity index (χ4n) is 1.35. The maximum atomic E-state index is 8.62. The summed E-state index contributed by atoms with van der Waals surface area (Å²) in [7, 11) is 0. The van der Waals surface area contributed by atoms with Crippen molar-refractivity contribution in [3.8, 4) is 5.75 Å². The number of hydrogen-bond donors (Lipinski definition) is 1. The molecule has 0 aliphatic carbocycles. The number of benzene rings is 1. The maximum absolute atomic E-state index is 8.62. The standard InChI is InChI=1S/C11H10ClNO2/c12-10-3-4-13-11-7-8(15-6-5-14)1-2-9(10)11/h1-4,7,14H,5-6H2. The number of aromatic nitrogens is 1. The van der Waals surface area contributed by atoms with E-state index in [2.05, 4.69) is 4.98 Å². The van der Waals surface area contributed by atoms with Gasteiger partial charge in [-0.2, -0.15) is 0 Å². The Morgan fingerprint density at radius 2 is 2.20 bits per heavy atom. The van der Waals surface area contributed by atoms with Gasteiger partial charge in [0.25, 0.3) is 0 Å². The van der Waals surface area contributed by atoms with Gasteiger partial charge in [-0.1, -0.05) is 11.6 Å². The van der Waals surface area contributed by atoms with Gasteiger partial charge in [0.15, 0.2) is 0 Å². The first-order chi connectivity index (χ1) is 7.31. The quantitative estimate of drug-likeness (QED) is 0.868. The minimum absolute atomic E-state index is 0.00100. The van der Waals surface area contributed by atoms with Gasteiger partial charge in [-0.05, 0) is 18.2 Å². The zero-order chi connectivity index (χ0) is 10.7. The topological polar surface area (TPSA) is 42.4 Å². The highest BCUT2D eigenvalue weighted by Gasteiger charge is 2.01. The number of aliphatic hydroxyl groups excluding tert-OH is 1. The average molecular weight is 224 g/mol. The minimum Gasteiger partial charge on any atom is -0.491 e. The summed E-state index contributed by atoms with van der Waals surface area (Å²) < 4.78 is 5.27. The van der Waals surface area contributed by atoms with Crippen LogP contribution in [-0.4, -0.2) is 23.3 Å². The predicted molar refractivity (Wildman–Crippen MR) is 59.3 cm³/mol. The molecule has 0 spiro atoms. The molecule has 0 aliphatic heterocycles. The van der Waals surface area contributed by atoms with E-state index in [0.29, 0.717) is 10.8 Å². The molecule has 0 amide bonds. The largest absolute Gasteiger partial charge is 0.491 e. The third-order valence-electron chi connectivity index (χ3n) is 2.02. The summed E-state index contributed by atoms with van der Waals surface area (Å²) in [6, 6.07) is 7.22. The van der Waals surface area contributed by atoms with Crippen LogP contribution in [0, 0.1) is 0 Å². The molecule has 0 saturated carbocycles. The second-order valence-electron chi connectivity index (χ2n) is 3.04. The molecule has 1 N–H and O–H groups in total. The molecular formula is C11H10ClNO2. The zero-order valence-corrected chi connectivity index (χ0v) is 8.74. The van der Waals surface area contributed by atoms with Crippen LogP contribution >= 0.6 is 11.6 Å². The lowest BCUT2D eigenvalue weighted by Gasteiger charge is -2.05. The van der Waals surface area contributed by atoms with E-state index >= 15 is 0 Å². The smallest absolute Gasteiger partial charge is 0.121 e. The summed E-state index contributed by atoms with van der Waals surface area (Å²) >= 11 is 5.99. The van der Waals surface area contributed by atoms with Crippen molar-refractivity contribution in [2.45, 2.75) is 0 Å². The van der Waals surface area contributed by atoms with Crippen LogP contribution in [0.5, 0.6) is 5.75 Å². The SMILES string of the molecule is OCCOc1ccc2c(Cl)ccnc2c1. The van der Waals surface area contributed by atoms with Gasteiger partial charge in [-0.25, -0.2) is 0 Å². The molecule has 2 aromatic rings. The molecule has 2 rings (SSSR count). The minimum atomic E-state index is 0.00100. The number of halogens is 1. The van der Waals surface area contributed by atoms with Crippen LogP contribution in [0.25, 0.3) is 10.9 Å². The summed E-state index contributed by atoms with van der Waals surface area (Å²) in [6.07, 6.45) is 1.65. The van der Waals surface area contributed by atoms with Crippen LogP contribution in [-0.2, 0) is 0 Å². The molecule has 3 nitrogen and oxygen atoms in total. The third-order valence-corrected chi connectivity index (χ3v) is 2.35. The number of nitrogens with zero attached hydrogens (tertiary/aromatic N) is 1. The Hall–Kier alpha value is -1.32. The molecule has 0 bridgehead atoms. The summed E-state index contributed by atoms with van der Waals surface area (Å²) in [6.45, 7) is 0.285. The lowest BCUT2D eigenvalue weighted by Crippen LogP contribution is -2.01. The number of rotatable bonds is 3. The van der Waals surface area contributed by atoms with Crippen LogP contribution in [0.4, 0.5) is 0 Å². The fraction of sp³-hybridized carbons (Fsp3) is 0.182. The summed E-state index contributed by atoms with van der Waals surface area (Å²) in [5, 5.41) is 10.2. The number of ether oxygens (including phenoxy) is 1. The van der Waals surface area contributed by atoms with Gasteiger partial charge in [0.2, 0.25) is 0 Å². The fourth-order valence-corrected chi connectivity index (χ4v) is 1.56. The van der Waals surface area contributed by atoms with Gasteiger partial charge < -0.3 is 9.84 Å². The van der Waals surface area contributed by atoms with Crippen molar-refractivity contribution in [2.24, 2.45) is 0 Å². The Labute approximate surface area is 92.3 Å². The highest BCUT2D eigenvalue weighted by molar-refractivity contribution is 6.35. The second kappa shape index (κ2) is 4.47. The normalized spacial score (nSPS) is 10.5. The first kappa shape index (κ1) is 10.2. The van der Waals surface area contributed by atoms with Gasteiger partial charge >= 0.3 is 0 Å². The van der Waals surface area contributed by atoms with Gasteiger partial charge in [-0.3, -0.25) is 4.98 Å². The van der Waals surface area contributed by atoms with Gasteiger partial charge in [0, 0.05) is 17.6 Å². The molecule has 0 aliphatic rings. The van der Waals surface area contributed by atoms with Crippen LogP contribution < -0.4 is 4.74 Å². The molecule has 0 fully saturated rings. The molecule has 0 unspecified atom stereocenters. The highest BCUT2D eigenvalue weighted by atomic mass is 35.5. The van der Waals surface area contributed by atoms with Crippen molar-refractivity contribution in [3.63, 3.8) is 0 Å². The zero-order valence-electron chi connectivity index (χ0n) is 7.98. The summed E-state index contributed by atoms with van der Waals surface area (Å²) in [5.41, 5.74) is 0.790. The van der Waals surface area contributed by atoms with Crippen molar-refractivity contribution in [1.82, 2.24) is 4.98 Å². The summed E-state index contributed by atoms with van der Waals surface area (Å²) in [5.74, 6) is 0.686. The van der Waals surface area contributed by atoms with Crippen molar-refractivity contribution >= 4 is 22.5 Å². The first-order valence-electron chi connectivity index (χ1n) is 4.59. The average Bonchev–Trinajstić information content (AvgIpc) is 2.26. The number of aliphatic hydroxyl groups is 1. The molecule has 0 saturated heterocycles. The van der Waals surface area contributed by atoms with E-state index < -0.39 is 0 Å². The lowest BCUT2D eigenvalue weighted by molar-refractivity contribution is 0.201. The maximum Gasteiger partial charge on any atom is 0.121 e. The van der Waals surface area contributed by atoms with Gasteiger partial charge in [0.05, 0.1) is 17.1 Å². The van der Waals surface area contributed by atoms with Crippen molar-refractivity contribution < 1.29 is 9.84 Å². The van der Waals surface area contributed by atoms with Gasteiger partial charge in [-0.15, -0.1) is 0 Å². The monoisotopic (exact) mass is 223 g/mol. The van der Waals surface area contributed by atoms with Crippen LogP contribution in [0.2, 0.25) is 5.02 Å². The van der Waals surface area contributed by atoms with E-state index in [1.807, 2.05) is 12.1 Å². The Balaban J connectivity index is 2.39. The Bertz CT molecular complexity index is 473. The molecule has 1 aromatic heterocycles. The molecule has 78 valence electrons. The molecule has 15 heavy (non-hydrogen) atoms. The van der Waals surface area contributed by atoms with Crippen molar-refractivity contribution in [1.29, 1.82) is 0 Å². The van der Waals surface area contributed by atoms with E-state index in [0.717, 1.165) is 10.9 Å². The Morgan fingerprint density at radius 3 is 3.00 bits per heavy atom. The molecule has 0 atom stereocenters. The van der Waals surface area contributed by atoms with E-state index in [1.54, 1.807) is 18.3 Å². The van der Waals surface area contributed by atoms with Crippen molar-refractivity contribution in [3.05, 3.63) is 35.5 Å². The Kier molecular flexibility index (Phi) is 3.04. The number of hydrogen-bond acceptors (Lipinski definition) is 3. The van der Waals surface area contributed by atoms with Crippen LogP contribution in [0.1, 0.15) is 0 Å². The molecular weight excluding hydrogens is 214 g/mol. The molecule has 1 heterocycles. The van der Waals surface area contributed by atoms with Crippen molar-refractivity contribution in [2.75, 3.05) is 13.2 Å². The van der Waals surface area contributed by atoms with E-state index in [-0.39, 0.29) is 13.2 Å². The summed E-state index contributed by atoms with van der Waals surface area (Å²) in [4.78, 5) is 4.18. The van der Waals surface area contributed by atoms with E-state index in [1.165, 1.54) is 0 Å². The molecule has 4 heteroatoms. The lowest BCUT2D eigenvalue weighted by atomic mass is 10.2. The van der Waals surface area contributed by atoms with Crippen LogP contribution in [0.3, 0.4) is 0 Å². The van der Waals surface area contributed by atoms with Gasteiger partial charge in [0.1, 0.15) is 12.4 Å². The first-order valence-corrected chi connectivity index (χ1v) is 4.97. The molecule has 1 aromatic carbocycles. The van der Waals surface area contributed by atoms with Crippen LogP contribution in [0.15, 0.2) is 30.5 Å². The number of pyridine rings is 1. The Morgan fingerprint density at radius 1 is 1.33 bits per heavy atom. The molecule has 0 radical (unpaired) electrons. The predicted octanol–water partition coefficient (Wildman–Crippen LogP) is 2.26. The third kappa shape index (κ3) is 2.19. The van der Waals surface area contributed by atoms with E-state index in [9.17, 15) is 0 Å². The number of fused-ring (bicyclic) bond motifs is 1. The highest BCUT2D eigenvalue weighted by Crippen LogP contribution is 2.24. The van der Waals surface area contributed by atoms with E-state index in [4.69, 9.17) is 21.4 Å². The second-order valence-corrected chi connectivity index (χ2v) is 3.45.